The van der Waals surface area contributed by atoms with Gasteiger partial charge in [0.1, 0.15) is 5.82 Å². The number of fused-ring (bicyclic) bond motifs is 1. The lowest BCUT2D eigenvalue weighted by atomic mass is 9.76. The number of carbonyl (C=O) groups is 1. The van der Waals surface area contributed by atoms with Gasteiger partial charge >= 0.3 is 13.3 Å². The number of hydrogen-bond acceptors (Lipinski definition) is 4. The molecule has 0 atom stereocenters. The van der Waals surface area contributed by atoms with Crippen LogP contribution in [0, 0.1) is 5.82 Å². The first-order valence-electron chi connectivity index (χ1n) is 6.95. The van der Waals surface area contributed by atoms with Crippen molar-refractivity contribution in [1.29, 1.82) is 0 Å². The summed E-state index contributed by atoms with van der Waals surface area (Å²) in [5.74, 6) is -2.16. The minimum absolute atomic E-state index is 0.138. The van der Waals surface area contributed by atoms with Gasteiger partial charge in [0.2, 0.25) is 0 Å². The summed E-state index contributed by atoms with van der Waals surface area (Å²) in [6, 6.07) is 6.07. The molecular formula is C15H9BF4N2O3. The van der Waals surface area contributed by atoms with Crippen LogP contribution < -0.4 is 10.8 Å². The van der Waals surface area contributed by atoms with Gasteiger partial charge in [-0.05, 0) is 35.9 Å². The number of rotatable bonds is 2. The molecule has 128 valence electrons. The topological polar surface area (TPSA) is 70.9 Å². The van der Waals surface area contributed by atoms with Crippen LogP contribution in [0.3, 0.4) is 0 Å². The van der Waals surface area contributed by atoms with Crippen LogP contribution in [0.2, 0.25) is 0 Å². The Bertz CT molecular complexity index is 870. The molecule has 1 aliphatic heterocycles. The van der Waals surface area contributed by atoms with Crippen LogP contribution in [0.5, 0.6) is 0 Å². The maximum absolute atomic E-state index is 13.1. The molecule has 0 bridgehead atoms. The first-order valence-corrected chi connectivity index (χ1v) is 6.95. The molecule has 1 aliphatic rings. The standard InChI is InChI=1S/C15H9BF4N2O3/c17-9-2-4-11(12(5-9)15(18,19)20)14(23)22-10-3-1-8-7-21-25-16(24)13(8)6-10/h1-7,24H,(H,22,23). The number of halogens is 4. The molecule has 2 N–H and O–H groups in total. The molecule has 1 amide bonds. The van der Waals surface area contributed by atoms with E-state index in [1.807, 2.05) is 0 Å². The molecule has 1 heterocycles. The highest BCUT2D eigenvalue weighted by molar-refractivity contribution is 6.62. The second-order valence-corrected chi connectivity index (χ2v) is 5.18. The maximum atomic E-state index is 13.1. The summed E-state index contributed by atoms with van der Waals surface area (Å²) in [4.78, 5) is 12.2. The van der Waals surface area contributed by atoms with Crippen molar-refractivity contribution in [2.24, 2.45) is 5.16 Å². The third-order valence-corrected chi connectivity index (χ3v) is 3.49. The van der Waals surface area contributed by atoms with Crippen molar-refractivity contribution in [2.75, 3.05) is 5.32 Å². The Hall–Kier alpha value is -2.88. The predicted octanol–water partition coefficient (Wildman–Crippen LogP) is 2.15. The molecule has 2 aromatic rings. The van der Waals surface area contributed by atoms with Crippen molar-refractivity contribution < 1.29 is 32.1 Å². The number of nitrogens with zero attached hydrogens (tertiary/aromatic N) is 1. The summed E-state index contributed by atoms with van der Waals surface area (Å²) >= 11 is 0. The molecule has 0 saturated heterocycles. The second kappa shape index (κ2) is 6.21. The lowest BCUT2D eigenvalue weighted by molar-refractivity contribution is -0.138. The summed E-state index contributed by atoms with van der Waals surface area (Å²) < 4.78 is 56.7. The van der Waals surface area contributed by atoms with E-state index in [9.17, 15) is 27.4 Å². The van der Waals surface area contributed by atoms with Crippen LogP contribution in [0.4, 0.5) is 23.2 Å². The van der Waals surface area contributed by atoms with Crippen molar-refractivity contribution in [3.8, 4) is 0 Å². The number of anilines is 1. The Morgan fingerprint density at radius 2 is 1.96 bits per heavy atom. The average Bonchev–Trinajstić information content (AvgIpc) is 2.54. The lowest BCUT2D eigenvalue weighted by Crippen LogP contribution is -2.37. The molecule has 0 aromatic heterocycles. The molecule has 0 fully saturated rings. The zero-order chi connectivity index (χ0) is 18.2. The van der Waals surface area contributed by atoms with Gasteiger partial charge in [0, 0.05) is 11.2 Å². The van der Waals surface area contributed by atoms with Crippen molar-refractivity contribution in [2.45, 2.75) is 6.18 Å². The number of alkyl halides is 3. The zero-order valence-corrected chi connectivity index (χ0v) is 12.3. The smallest absolute Gasteiger partial charge is 0.427 e. The number of oxime groups is 1. The average molecular weight is 352 g/mol. The fraction of sp³-hybridized carbons (Fsp3) is 0.0667. The van der Waals surface area contributed by atoms with E-state index in [1.165, 1.54) is 24.4 Å². The number of benzene rings is 2. The Morgan fingerprint density at radius 1 is 1.20 bits per heavy atom. The van der Waals surface area contributed by atoms with Crippen LogP contribution in [-0.4, -0.2) is 24.3 Å². The van der Waals surface area contributed by atoms with E-state index in [-0.39, 0.29) is 11.8 Å². The first-order chi connectivity index (χ1) is 11.8. The summed E-state index contributed by atoms with van der Waals surface area (Å²) in [5, 5.41) is 15.4. The van der Waals surface area contributed by atoms with E-state index in [4.69, 9.17) is 0 Å². The molecular weight excluding hydrogens is 343 g/mol. The van der Waals surface area contributed by atoms with E-state index < -0.39 is 36.1 Å². The molecule has 0 saturated carbocycles. The van der Waals surface area contributed by atoms with Gasteiger partial charge in [-0.2, -0.15) is 13.2 Å². The monoisotopic (exact) mass is 352 g/mol. The fourth-order valence-corrected chi connectivity index (χ4v) is 2.33. The molecule has 0 spiro atoms. The molecule has 5 nitrogen and oxygen atoms in total. The largest absolute Gasteiger partial charge is 0.583 e. The van der Waals surface area contributed by atoms with Gasteiger partial charge in [-0.25, -0.2) is 4.39 Å². The number of amides is 1. The maximum Gasteiger partial charge on any atom is 0.583 e. The molecule has 0 unspecified atom stereocenters. The van der Waals surface area contributed by atoms with Gasteiger partial charge in [0.15, 0.2) is 0 Å². The quantitative estimate of drug-likeness (QED) is 0.643. The molecule has 2 aromatic carbocycles. The van der Waals surface area contributed by atoms with Crippen molar-refractivity contribution in [1.82, 2.24) is 0 Å². The van der Waals surface area contributed by atoms with Crippen molar-refractivity contribution >= 4 is 30.4 Å². The SMILES string of the molecule is O=C(Nc1ccc2c(c1)B(O)ON=C2)c1ccc(F)cc1C(F)(F)F. The summed E-state index contributed by atoms with van der Waals surface area (Å²) in [6.45, 7) is 0. The summed E-state index contributed by atoms with van der Waals surface area (Å²) in [7, 11) is -1.35. The van der Waals surface area contributed by atoms with Crippen molar-refractivity contribution in [3.05, 3.63) is 58.9 Å². The van der Waals surface area contributed by atoms with Gasteiger partial charge < -0.3 is 15.1 Å². The highest BCUT2D eigenvalue weighted by atomic mass is 19.4. The number of nitrogens with one attached hydrogen (secondary N) is 1. The Morgan fingerprint density at radius 3 is 2.68 bits per heavy atom. The van der Waals surface area contributed by atoms with Crippen molar-refractivity contribution in [3.63, 3.8) is 0 Å². The van der Waals surface area contributed by atoms with E-state index in [0.29, 0.717) is 11.0 Å². The minimum Gasteiger partial charge on any atom is -0.427 e. The van der Waals surface area contributed by atoms with Crippen LogP contribution in [0.25, 0.3) is 0 Å². The Labute approximate surface area is 139 Å². The molecule has 3 rings (SSSR count). The normalized spacial score (nSPS) is 13.2. The Kier molecular flexibility index (Phi) is 4.21. The molecule has 0 aliphatic carbocycles. The van der Waals surface area contributed by atoms with Gasteiger partial charge in [-0.1, -0.05) is 6.07 Å². The number of hydrogen-bond donors (Lipinski definition) is 2. The highest BCUT2D eigenvalue weighted by Gasteiger charge is 2.36. The van der Waals surface area contributed by atoms with Crippen LogP contribution >= 0.6 is 0 Å². The third kappa shape index (κ3) is 3.48. The van der Waals surface area contributed by atoms with Crippen LogP contribution in [-0.2, 0) is 10.9 Å². The summed E-state index contributed by atoms with van der Waals surface area (Å²) in [6.07, 6.45) is -3.54. The summed E-state index contributed by atoms with van der Waals surface area (Å²) in [5.41, 5.74) is -1.12. The van der Waals surface area contributed by atoms with Crippen LogP contribution in [0.15, 0.2) is 41.6 Å². The Balaban J connectivity index is 1.91. The van der Waals surface area contributed by atoms with Gasteiger partial charge in [-0.3, -0.25) is 4.79 Å². The fourth-order valence-electron chi connectivity index (χ4n) is 2.33. The molecule has 0 radical (unpaired) electrons. The van der Waals surface area contributed by atoms with Crippen LogP contribution in [0.1, 0.15) is 21.5 Å². The molecule has 10 heteroatoms. The van der Waals surface area contributed by atoms with E-state index in [2.05, 4.69) is 15.2 Å². The predicted molar refractivity (Wildman–Crippen MR) is 82.1 cm³/mol. The first kappa shape index (κ1) is 17.0. The number of carbonyl (C=O) groups excluding carboxylic acids is 1. The second-order valence-electron chi connectivity index (χ2n) is 5.18. The van der Waals surface area contributed by atoms with E-state index >= 15 is 0 Å². The third-order valence-electron chi connectivity index (χ3n) is 3.49. The zero-order valence-electron chi connectivity index (χ0n) is 12.3. The van der Waals surface area contributed by atoms with E-state index in [0.717, 1.165) is 12.1 Å². The highest BCUT2D eigenvalue weighted by Crippen LogP contribution is 2.32. The van der Waals surface area contributed by atoms with Gasteiger partial charge in [0.05, 0.1) is 17.3 Å². The van der Waals surface area contributed by atoms with Gasteiger partial charge in [0.25, 0.3) is 5.91 Å². The van der Waals surface area contributed by atoms with E-state index in [1.54, 1.807) is 0 Å². The minimum atomic E-state index is -4.88. The lowest BCUT2D eigenvalue weighted by Gasteiger charge is -2.15. The van der Waals surface area contributed by atoms with Gasteiger partial charge in [-0.15, -0.1) is 5.16 Å². The molecule has 25 heavy (non-hydrogen) atoms.